The van der Waals surface area contributed by atoms with Gasteiger partial charge in [0.1, 0.15) is 12.2 Å². The highest BCUT2D eigenvalue weighted by Gasteiger charge is 2.32. The van der Waals surface area contributed by atoms with Crippen LogP contribution in [0.5, 0.6) is 0 Å². The van der Waals surface area contributed by atoms with E-state index < -0.39 is 33.4 Å². The molecule has 5 rings (SSSR count). The number of ether oxygens (including phenoxy) is 1. The number of piperazine rings is 1. The third kappa shape index (κ3) is 6.86. The van der Waals surface area contributed by atoms with Crippen LogP contribution in [-0.2, 0) is 38.9 Å². The van der Waals surface area contributed by atoms with Crippen molar-refractivity contribution in [3.63, 3.8) is 0 Å². The topological polar surface area (TPSA) is 143 Å². The van der Waals surface area contributed by atoms with Crippen molar-refractivity contribution in [2.45, 2.75) is 39.4 Å². The monoisotopic (exact) mass is 672 g/mol. The van der Waals surface area contributed by atoms with Crippen LogP contribution in [0.1, 0.15) is 37.4 Å². The molecule has 0 unspecified atom stereocenters. The Hall–Kier alpha value is -3.51. The number of anilines is 2. The van der Waals surface area contributed by atoms with Crippen molar-refractivity contribution in [1.29, 1.82) is 0 Å². The first kappa shape index (κ1) is 32.9. The van der Waals surface area contributed by atoms with Gasteiger partial charge in [-0.05, 0) is 36.6 Å². The molecule has 0 radical (unpaired) electrons. The predicted molar refractivity (Wildman–Crippen MR) is 162 cm³/mol. The van der Waals surface area contributed by atoms with Crippen molar-refractivity contribution in [2.24, 2.45) is 0 Å². The number of nitrogens with zero attached hydrogens (tertiary/aromatic N) is 6. The summed E-state index contributed by atoms with van der Waals surface area (Å²) in [7, 11) is -3.67. The van der Waals surface area contributed by atoms with E-state index in [9.17, 15) is 31.2 Å². The Balaban J connectivity index is 1.54. The lowest BCUT2D eigenvalue weighted by molar-refractivity contribution is -0.137. The number of benzene rings is 1. The van der Waals surface area contributed by atoms with Crippen LogP contribution in [0, 0.1) is 0 Å². The molecule has 2 N–H and O–H groups in total. The number of carbonyl (C=O) groups excluding carboxylic acids is 1. The molecule has 0 atom stereocenters. The third-order valence-electron chi connectivity index (χ3n) is 7.50. The van der Waals surface area contributed by atoms with Crippen LogP contribution in [-0.4, -0.2) is 83.7 Å². The Kier molecular flexibility index (Phi) is 9.55. The molecule has 1 amide bonds. The van der Waals surface area contributed by atoms with E-state index in [1.165, 1.54) is 4.31 Å². The van der Waals surface area contributed by atoms with Crippen LogP contribution in [0.25, 0.3) is 11.4 Å². The number of halogens is 4. The van der Waals surface area contributed by atoms with Gasteiger partial charge in [-0.1, -0.05) is 31.5 Å². The molecule has 2 aliphatic heterocycles. The second kappa shape index (κ2) is 13.1. The van der Waals surface area contributed by atoms with Crippen LogP contribution in [0.4, 0.5) is 24.5 Å². The summed E-state index contributed by atoms with van der Waals surface area (Å²) in [4.78, 5) is 33.7. The Labute approximate surface area is 261 Å². The average molecular weight is 673 g/mol. The van der Waals surface area contributed by atoms with E-state index in [2.05, 4.69) is 20.1 Å². The van der Waals surface area contributed by atoms with Crippen molar-refractivity contribution in [3.05, 3.63) is 56.7 Å². The number of alkyl halides is 3. The van der Waals surface area contributed by atoms with Gasteiger partial charge in [0, 0.05) is 32.7 Å². The number of aromatic nitrogens is 4. The Bertz CT molecular complexity index is 1800. The predicted octanol–water partition coefficient (Wildman–Crippen LogP) is 2.54. The normalized spacial score (nSPS) is 16.7. The van der Waals surface area contributed by atoms with E-state index in [0.29, 0.717) is 37.6 Å². The summed E-state index contributed by atoms with van der Waals surface area (Å²) >= 11 is 6.07. The molecule has 1 saturated heterocycles. The van der Waals surface area contributed by atoms with Crippen LogP contribution >= 0.6 is 11.6 Å². The molecule has 45 heavy (non-hydrogen) atoms. The molecule has 244 valence electrons. The molecular formula is C27H32ClF3N8O5S. The van der Waals surface area contributed by atoms with Gasteiger partial charge in [-0.15, -0.1) is 5.10 Å². The first-order chi connectivity index (χ1) is 21.3. The lowest BCUT2D eigenvalue weighted by Gasteiger charge is -2.36. The summed E-state index contributed by atoms with van der Waals surface area (Å²) in [6.07, 6.45) is -1.97. The van der Waals surface area contributed by atoms with Gasteiger partial charge in [0.05, 0.1) is 35.2 Å². The third-order valence-corrected chi connectivity index (χ3v) is 9.52. The molecule has 18 heteroatoms. The quantitative estimate of drug-likeness (QED) is 0.353. The molecular weight excluding hydrogens is 641 g/mol. The summed E-state index contributed by atoms with van der Waals surface area (Å²) in [6.45, 7) is 4.82. The summed E-state index contributed by atoms with van der Waals surface area (Å²) in [6, 6.07) is 2.62. The molecule has 0 spiro atoms. The SMILES string of the molecule is CCNS(=O)(=O)N1CCN(c2c(CC)n(CC(=O)Nc3ccc(C(F)(F)F)cc3Cl)c3nc(C4=CCOCC4)nn3c2=O)CC1. The summed E-state index contributed by atoms with van der Waals surface area (Å²) in [5.41, 5.74) is 0.0459. The molecule has 0 aliphatic carbocycles. The van der Waals surface area contributed by atoms with Crippen molar-refractivity contribution in [2.75, 3.05) is 56.2 Å². The van der Waals surface area contributed by atoms with Gasteiger partial charge >= 0.3 is 6.18 Å². The minimum atomic E-state index is -4.60. The van der Waals surface area contributed by atoms with Crippen LogP contribution in [0.15, 0.2) is 29.1 Å². The van der Waals surface area contributed by atoms with Crippen LogP contribution < -0.4 is 20.5 Å². The van der Waals surface area contributed by atoms with Crippen molar-refractivity contribution in [3.8, 4) is 0 Å². The van der Waals surface area contributed by atoms with Crippen LogP contribution in [0.3, 0.4) is 0 Å². The van der Waals surface area contributed by atoms with Crippen molar-refractivity contribution in [1.82, 2.24) is 28.2 Å². The lowest BCUT2D eigenvalue weighted by atomic mass is 10.1. The largest absolute Gasteiger partial charge is 0.416 e. The molecule has 4 heterocycles. The van der Waals surface area contributed by atoms with Crippen molar-refractivity contribution < 1.29 is 31.1 Å². The van der Waals surface area contributed by atoms with E-state index in [0.717, 1.165) is 28.3 Å². The zero-order chi connectivity index (χ0) is 32.5. The summed E-state index contributed by atoms with van der Waals surface area (Å²) < 4.78 is 76.3. The van der Waals surface area contributed by atoms with Gasteiger partial charge in [0.15, 0.2) is 5.82 Å². The van der Waals surface area contributed by atoms with Crippen molar-refractivity contribution >= 4 is 50.4 Å². The van der Waals surface area contributed by atoms with E-state index in [1.54, 1.807) is 23.3 Å². The van der Waals surface area contributed by atoms with Crippen LogP contribution in [0.2, 0.25) is 5.02 Å². The Morgan fingerprint density at radius 3 is 2.49 bits per heavy atom. The number of amides is 1. The minimum Gasteiger partial charge on any atom is -0.377 e. The maximum absolute atomic E-state index is 14.0. The van der Waals surface area contributed by atoms with Gasteiger partial charge < -0.3 is 19.5 Å². The molecule has 2 aliphatic rings. The second-order valence-corrected chi connectivity index (χ2v) is 12.5. The van der Waals surface area contributed by atoms with Gasteiger partial charge in [0.25, 0.3) is 15.8 Å². The maximum atomic E-state index is 14.0. The lowest BCUT2D eigenvalue weighted by Crippen LogP contribution is -2.53. The number of hydrogen-bond donors (Lipinski definition) is 2. The maximum Gasteiger partial charge on any atom is 0.416 e. The first-order valence-corrected chi connectivity index (χ1v) is 16.1. The zero-order valence-corrected chi connectivity index (χ0v) is 26.1. The highest BCUT2D eigenvalue weighted by atomic mass is 35.5. The summed E-state index contributed by atoms with van der Waals surface area (Å²) in [5, 5.41) is 6.75. The number of carbonyl (C=O) groups is 1. The number of hydrogen-bond acceptors (Lipinski definition) is 8. The standard InChI is InChI=1S/C27H32ClF3N8O5S/c1-3-21-23(36-9-11-37(12-10-36)45(42,43)32-4-2)25(41)39-26(34-24(35-39)17-7-13-44-14-8-17)38(21)16-22(40)33-20-6-5-18(15-19(20)28)27(29,30)31/h5-7,15,32H,3-4,8-14,16H2,1-2H3,(H,33,40). The molecule has 3 aromatic rings. The first-order valence-electron chi connectivity index (χ1n) is 14.3. The van der Waals surface area contributed by atoms with E-state index in [4.69, 9.17) is 16.3 Å². The fourth-order valence-electron chi connectivity index (χ4n) is 5.35. The van der Waals surface area contributed by atoms with Gasteiger partial charge in [-0.2, -0.15) is 35.4 Å². The molecule has 13 nitrogen and oxygen atoms in total. The smallest absolute Gasteiger partial charge is 0.377 e. The van der Waals surface area contributed by atoms with E-state index >= 15 is 0 Å². The molecule has 0 saturated carbocycles. The van der Waals surface area contributed by atoms with Gasteiger partial charge in [-0.3, -0.25) is 9.59 Å². The Morgan fingerprint density at radius 2 is 1.89 bits per heavy atom. The fourth-order valence-corrected chi connectivity index (χ4v) is 6.77. The fraction of sp³-hybridized carbons (Fsp3) is 0.481. The van der Waals surface area contributed by atoms with E-state index in [-0.39, 0.29) is 61.4 Å². The molecule has 2 aromatic heterocycles. The van der Waals surface area contributed by atoms with E-state index in [1.807, 2.05) is 6.08 Å². The highest BCUT2D eigenvalue weighted by Crippen LogP contribution is 2.34. The molecule has 1 aromatic carbocycles. The second-order valence-electron chi connectivity index (χ2n) is 10.4. The Morgan fingerprint density at radius 1 is 1.16 bits per heavy atom. The highest BCUT2D eigenvalue weighted by molar-refractivity contribution is 7.87. The number of nitrogens with one attached hydrogen (secondary N) is 2. The number of rotatable bonds is 9. The molecule has 1 fully saturated rings. The number of fused-ring (bicyclic) bond motifs is 1. The minimum absolute atomic E-state index is 0.0162. The zero-order valence-electron chi connectivity index (χ0n) is 24.5. The molecule has 0 bridgehead atoms. The summed E-state index contributed by atoms with van der Waals surface area (Å²) in [5.74, 6) is -0.222. The van der Waals surface area contributed by atoms with Gasteiger partial charge in [0.2, 0.25) is 11.7 Å². The van der Waals surface area contributed by atoms with Gasteiger partial charge in [-0.25, -0.2) is 4.72 Å². The average Bonchev–Trinajstić information content (AvgIpc) is 3.45.